The summed E-state index contributed by atoms with van der Waals surface area (Å²) in [6, 6.07) is 17.9. The number of methoxy groups -OCH3 is 1. The molecule has 0 aliphatic carbocycles. The topological polar surface area (TPSA) is 74.2 Å². The Morgan fingerprint density at radius 2 is 1.65 bits per heavy atom. The van der Waals surface area contributed by atoms with Crippen LogP contribution in [0.4, 0.5) is 0 Å². The lowest BCUT2D eigenvalue weighted by Gasteiger charge is -2.15. The van der Waals surface area contributed by atoms with E-state index in [0.717, 1.165) is 39.9 Å². The second kappa shape index (κ2) is 11.2. The van der Waals surface area contributed by atoms with Gasteiger partial charge in [0.15, 0.2) is 0 Å². The van der Waals surface area contributed by atoms with Crippen LogP contribution in [-0.2, 0) is 0 Å². The number of benzene rings is 2. The third-order valence-corrected chi connectivity index (χ3v) is 4.01. The van der Waals surface area contributed by atoms with Gasteiger partial charge in [0.2, 0.25) is 0 Å². The van der Waals surface area contributed by atoms with Crippen molar-refractivity contribution in [3.63, 3.8) is 0 Å². The van der Waals surface area contributed by atoms with Gasteiger partial charge in [-0.05, 0) is 54.9 Å². The second-order valence-corrected chi connectivity index (χ2v) is 5.53. The Labute approximate surface area is 172 Å². The highest BCUT2D eigenvalue weighted by Crippen LogP contribution is 2.29. The first-order chi connectivity index (χ1) is 11.2. The molecule has 0 saturated carbocycles. The highest BCUT2D eigenvalue weighted by atomic mass is 35.5. The van der Waals surface area contributed by atoms with E-state index in [1.165, 1.54) is 0 Å². The zero-order valence-electron chi connectivity index (χ0n) is 14.4. The van der Waals surface area contributed by atoms with Gasteiger partial charge in [-0.3, -0.25) is 0 Å². The van der Waals surface area contributed by atoms with Crippen molar-refractivity contribution in [2.75, 3.05) is 13.7 Å². The van der Waals surface area contributed by atoms with E-state index in [1.54, 1.807) is 7.11 Å². The molecule has 0 saturated heterocycles. The molecule has 7 heteroatoms. The fourth-order valence-corrected chi connectivity index (χ4v) is 2.75. The molecule has 142 valence electrons. The van der Waals surface area contributed by atoms with Gasteiger partial charge >= 0.3 is 0 Å². The van der Waals surface area contributed by atoms with Gasteiger partial charge in [-0.1, -0.05) is 18.2 Å². The number of nitrogens with zero attached hydrogens (tertiary/aromatic N) is 1. The van der Waals surface area contributed by atoms with Crippen LogP contribution in [0.2, 0.25) is 0 Å². The van der Waals surface area contributed by atoms with Crippen molar-refractivity contribution in [1.29, 1.82) is 0 Å². The summed E-state index contributed by atoms with van der Waals surface area (Å²) in [7, 11) is 1.66. The molecule has 3 aromatic rings. The third-order valence-electron chi connectivity index (χ3n) is 4.01. The van der Waals surface area contributed by atoms with Gasteiger partial charge in [-0.15, -0.1) is 37.2 Å². The molecule has 0 spiro atoms. The SMILES string of the molecule is COc1ccc(-c2cc(C(N)CCN)c3ccccc3n2)cc1.Cl.Cl.Cl. The quantitative estimate of drug-likeness (QED) is 0.641. The Morgan fingerprint density at radius 3 is 2.27 bits per heavy atom. The molecule has 0 bridgehead atoms. The standard InChI is InChI=1S/C19H21N3O.3ClH/c1-23-14-8-6-13(7-9-14)19-12-16(17(21)10-11-20)15-4-2-3-5-18(15)22-19;;;/h2-9,12,17H,10-11,20-21H2,1H3;3*1H. The molecule has 1 atom stereocenters. The molecule has 1 unspecified atom stereocenters. The van der Waals surface area contributed by atoms with Crippen molar-refractivity contribution in [2.24, 2.45) is 11.5 Å². The number of nitrogens with two attached hydrogens (primary N) is 2. The lowest BCUT2D eigenvalue weighted by Crippen LogP contribution is -2.16. The third kappa shape index (κ3) is 5.22. The van der Waals surface area contributed by atoms with Crippen molar-refractivity contribution in [3.8, 4) is 17.0 Å². The van der Waals surface area contributed by atoms with Crippen LogP contribution in [0.15, 0.2) is 54.6 Å². The summed E-state index contributed by atoms with van der Waals surface area (Å²) < 4.78 is 5.21. The summed E-state index contributed by atoms with van der Waals surface area (Å²) in [5.41, 5.74) is 16.0. The number of halogens is 3. The van der Waals surface area contributed by atoms with Crippen molar-refractivity contribution in [2.45, 2.75) is 12.5 Å². The molecule has 0 amide bonds. The maximum atomic E-state index is 6.34. The minimum Gasteiger partial charge on any atom is -0.497 e. The Kier molecular flexibility index (Phi) is 10.5. The van der Waals surface area contributed by atoms with E-state index in [0.29, 0.717) is 6.54 Å². The van der Waals surface area contributed by atoms with Gasteiger partial charge in [-0.25, -0.2) is 4.98 Å². The fourth-order valence-electron chi connectivity index (χ4n) is 2.75. The predicted molar refractivity (Wildman–Crippen MR) is 116 cm³/mol. The molecule has 4 nitrogen and oxygen atoms in total. The number of pyridine rings is 1. The molecular weight excluding hydrogens is 393 g/mol. The molecular formula is C19H24Cl3N3O. The molecule has 0 radical (unpaired) electrons. The van der Waals surface area contributed by atoms with Crippen molar-refractivity contribution in [1.82, 2.24) is 4.98 Å². The molecule has 0 aliphatic heterocycles. The Morgan fingerprint density at radius 1 is 1.00 bits per heavy atom. The second-order valence-electron chi connectivity index (χ2n) is 5.53. The number of aromatic nitrogens is 1. The minimum atomic E-state index is -0.0927. The number of rotatable bonds is 5. The number of para-hydroxylation sites is 1. The van der Waals surface area contributed by atoms with E-state index in [2.05, 4.69) is 12.1 Å². The largest absolute Gasteiger partial charge is 0.497 e. The van der Waals surface area contributed by atoms with E-state index >= 15 is 0 Å². The molecule has 0 aliphatic rings. The Hall–Kier alpha value is -1.56. The van der Waals surface area contributed by atoms with E-state index in [4.69, 9.17) is 21.2 Å². The first-order valence-corrected chi connectivity index (χ1v) is 7.72. The average molecular weight is 417 g/mol. The number of hydrogen-bond acceptors (Lipinski definition) is 4. The van der Waals surface area contributed by atoms with Crippen LogP contribution >= 0.6 is 37.2 Å². The summed E-state index contributed by atoms with van der Waals surface area (Å²) in [5.74, 6) is 0.828. The van der Waals surface area contributed by atoms with Gasteiger partial charge < -0.3 is 16.2 Å². The van der Waals surface area contributed by atoms with E-state index in [9.17, 15) is 0 Å². The molecule has 3 rings (SSSR count). The average Bonchev–Trinajstić information content (AvgIpc) is 2.61. The minimum absolute atomic E-state index is 0. The molecule has 1 heterocycles. The first kappa shape index (κ1) is 24.4. The maximum absolute atomic E-state index is 6.34. The van der Waals surface area contributed by atoms with Gasteiger partial charge in [0.05, 0.1) is 18.3 Å². The summed E-state index contributed by atoms with van der Waals surface area (Å²) in [5, 5.41) is 1.09. The van der Waals surface area contributed by atoms with Gasteiger partial charge in [0, 0.05) is 17.0 Å². The molecule has 2 aromatic carbocycles. The summed E-state index contributed by atoms with van der Waals surface area (Å²) in [6.07, 6.45) is 0.746. The smallest absolute Gasteiger partial charge is 0.118 e. The van der Waals surface area contributed by atoms with Crippen LogP contribution < -0.4 is 16.2 Å². The number of ether oxygens (including phenoxy) is 1. The Balaban J connectivity index is 0.00000208. The molecule has 4 N–H and O–H groups in total. The van der Waals surface area contributed by atoms with Crippen LogP contribution in [0.5, 0.6) is 5.75 Å². The zero-order chi connectivity index (χ0) is 16.2. The Bertz CT molecular complexity index is 813. The predicted octanol–water partition coefficient (Wildman–Crippen LogP) is 4.52. The molecule has 1 aromatic heterocycles. The van der Waals surface area contributed by atoms with E-state index in [-0.39, 0.29) is 43.3 Å². The van der Waals surface area contributed by atoms with Crippen LogP contribution in [0.3, 0.4) is 0 Å². The van der Waals surface area contributed by atoms with E-state index < -0.39 is 0 Å². The highest BCUT2D eigenvalue weighted by Gasteiger charge is 2.13. The lowest BCUT2D eigenvalue weighted by molar-refractivity contribution is 0.415. The van der Waals surface area contributed by atoms with Crippen LogP contribution in [0.1, 0.15) is 18.0 Å². The maximum Gasteiger partial charge on any atom is 0.118 e. The van der Waals surface area contributed by atoms with Gasteiger partial charge in [0.1, 0.15) is 5.75 Å². The van der Waals surface area contributed by atoms with Crippen molar-refractivity contribution < 1.29 is 4.74 Å². The van der Waals surface area contributed by atoms with Gasteiger partial charge in [0.25, 0.3) is 0 Å². The number of fused-ring (bicyclic) bond motifs is 1. The van der Waals surface area contributed by atoms with E-state index in [1.807, 2.05) is 42.5 Å². The fraction of sp³-hybridized carbons (Fsp3) is 0.211. The van der Waals surface area contributed by atoms with Crippen LogP contribution in [0, 0.1) is 0 Å². The number of hydrogen-bond donors (Lipinski definition) is 2. The van der Waals surface area contributed by atoms with Crippen LogP contribution in [0.25, 0.3) is 22.2 Å². The first-order valence-electron chi connectivity index (χ1n) is 7.72. The zero-order valence-corrected chi connectivity index (χ0v) is 16.9. The normalized spacial score (nSPS) is 10.9. The van der Waals surface area contributed by atoms with Crippen LogP contribution in [-0.4, -0.2) is 18.6 Å². The van der Waals surface area contributed by atoms with Crippen molar-refractivity contribution >= 4 is 48.1 Å². The molecule has 0 fully saturated rings. The summed E-state index contributed by atoms with van der Waals surface area (Å²) >= 11 is 0. The summed E-state index contributed by atoms with van der Waals surface area (Å²) in [4.78, 5) is 4.78. The van der Waals surface area contributed by atoms with Gasteiger partial charge in [-0.2, -0.15) is 0 Å². The summed E-state index contributed by atoms with van der Waals surface area (Å²) in [6.45, 7) is 0.565. The molecule has 26 heavy (non-hydrogen) atoms. The highest BCUT2D eigenvalue weighted by molar-refractivity contribution is 5.86. The monoisotopic (exact) mass is 415 g/mol. The van der Waals surface area contributed by atoms with Crippen molar-refractivity contribution in [3.05, 3.63) is 60.2 Å². The lowest BCUT2D eigenvalue weighted by atomic mass is 9.97.